The Balaban J connectivity index is 1.77. The Hall–Kier alpha value is -1.52. The second kappa shape index (κ2) is 8.24. The average molecular weight is 398 g/mol. The zero-order valence-electron chi connectivity index (χ0n) is 15.6. The monoisotopic (exact) mass is 398 g/mol. The highest BCUT2D eigenvalue weighted by atomic mass is 32.2. The summed E-state index contributed by atoms with van der Waals surface area (Å²) in [6.07, 6.45) is 0.644. The van der Waals surface area contributed by atoms with Crippen LogP contribution in [0.1, 0.15) is 23.7 Å². The third-order valence-electron chi connectivity index (χ3n) is 4.75. The molecule has 27 heavy (non-hydrogen) atoms. The van der Waals surface area contributed by atoms with Crippen molar-refractivity contribution in [1.29, 1.82) is 0 Å². The van der Waals surface area contributed by atoms with Gasteiger partial charge in [-0.15, -0.1) is 0 Å². The fraction of sp³-hybridized carbons (Fsp3) is 0.611. The van der Waals surface area contributed by atoms with Crippen LogP contribution in [0.4, 0.5) is 0 Å². The molecule has 1 spiro atoms. The van der Waals surface area contributed by atoms with Gasteiger partial charge >= 0.3 is 0 Å². The number of benzene rings is 1. The number of hydrogen-bond donors (Lipinski definition) is 1. The molecule has 150 valence electrons. The predicted octanol–water partition coefficient (Wildman–Crippen LogP) is 0.631. The number of sulfonamides is 1. The van der Waals surface area contributed by atoms with Gasteiger partial charge in [-0.05, 0) is 25.1 Å². The molecule has 8 nitrogen and oxygen atoms in total. The van der Waals surface area contributed by atoms with E-state index >= 15 is 0 Å². The zero-order valence-corrected chi connectivity index (χ0v) is 16.5. The average Bonchev–Trinajstić information content (AvgIpc) is 3.08. The molecule has 2 heterocycles. The third kappa shape index (κ3) is 4.67. The molecule has 0 radical (unpaired) electrons. The quantitative estimate of drug-likeness (QED) is 0.707. The normalized spacial score (nSPS) is 25.9. The van der Waals surface area contributed by atoms with E-state index in [1.807, 2.05) is 6.92 Å². The van der Waals surface area contributed by atoms with Gasteiger partial charge in [-0.1, -0.05) is 6.07 Å². The summed E-state index contributed by atoms with van der Waals surface area (Å²) in [7, 11) is -2.20. The summed E-state index contributed by atoms with van der Waals surface area (Å²) >= 11 is 0. The minimum Gasteiger partial charge on any atom is -0.383 e. The molecule has 9 heteroatoms. The molecule has 1 aromatic carbocycles. The molecule has 1 N–H and O–H groups in total. The van der Waals surface area contributed by atoms with Crippen molar-refractivity contribution in [2.45, 2.75) is 29.9 Å². The number of nitrogens with one attached hydrogen (secondary N) is 1. The van der Waals surface area contributed by atoms with E-state index in [0.29, 0.717) is 31.9 Å². The highest BCUT2D eigenvalue weighted by Gasteiger charge is 2.44. The van der Waals surface area contributed by atoms with Gasteiger partial charge in [0, 0.05) is 38.8 Å². The number of amides is 1. The van der Waals surface area contributed by atoms with Crippen molar-refractivity contribution in [1.82, 2.24) is 9.62 Å². The number of rotatable bonds is 6. The number of methoxy groups -OCH3 is 1. The SMILES string of the molecule is COCCNS(=O)(=O)c1cccc(C(=O)N2C[C@H](C)O[C@@]3(CCOC3)C2)c1. The van der Waals surface area contributed by atoms with Crippen LogP contribution in [0, 0.1) is 0 Å². The molecule has 0 bridgehead atoms. The summed E-state index contributed by atoms with van der Waals surface area (Å²) in [5.41, 5.74) is -0.119. The summed E-state index contributed by atoms with van der Waals surface area (Å²) in [6.45, 7) is 4.37. The van der Waals surface area contributed by atoms with Gasteiger partial charge < -0.3 is 19.1 Å². The number of ether oxygens (including phenoxy) is 3. The van der Waals surface area contributed by atoms with Gasteiger partial charge in [0.1, 0.15) is 5.60 Å². The van der Waals surface area contributed by atoms with Crippen LogP contribution in [-0.2, 0) is 24.2 Å². The first kappa shape index (κ1) is 20.2. The second-order valence-electron chi connectivity index (χ2n) is 7.02. The van der Waals surface area contributed by atoms with E-state index in [-0.39, 0.29) is 30.1 Å². The molecule has 2 fully saturated rings. The number of hydrogen-bond acceptors (Lipinski definition) is 6. The molecule has 0 saturated carbocycles. The van der Waals surface area contributed by atoms with Crippen molar-refractivity contribution < 1.29 is 27.4 Å². The molecule has 2 aliphatic heterocycles. The summed E-state index contributed by atoms with van der Waals surface area (Å²) in [6, 6.07) is 6.10. The van der Waals surface area contributed by atoms with Crippen molar-refractivity contribution in [3.8, 4) is 0 Å². The molecule has 1 amide bonds. The largest absolute Gasteiger partial charge is 0.383 e. The van der Waals surface area contributed by atoms with E-state index < -0.39 is 15.6 Å². The van der Waals surface area contributed by atoms with Crippen LogP contribution in [0.25, 0.3) is 0 Å². The van der Waals surface area contributed by atoms with Crippen LogP contribution in [0.15, 0.2) is 29.2 Å². The molecular weight excluding hydrogens is 372 g/mol. The van der Waals surface area contributed by atoms with Crippen molar-refractivity contribution in [3.05, 3.63) is 29.8 Å². The van der Waals surface area contributed by atoms with Gasteiger partial charge in [0.15, 0.2) is 0 Å². The Morgan fingerprint density at radius 2 is 2.26 bits per heavy atom. The van der Waals surface area contributed by atoms with Gasteiger partial charge in [0.2, 0.25) is 10.0 Å². The summed E-state index contributed by atoms with van der Waals surface area (Å²) in [5, 5.41) is 0. The Morgan fingerprint density at radius 1 is 1.44 bits per heavy atom. The van der Waals surface area contributed by atoms with Gasteiger partial charge in [-0.25, -0.2) is 13.1 Å². The van der Waals surface area contributed by atoms with Crippen LogP contribution in [0.3, 0.4) is 0 Å². The maximum Gasteiger partial charge on any atom is 0.254 e. The lowest BCUT2D eigenvalue weighted by Gasteiger charge is -2.42. The van der Waals surface area contributed by atoms with Gasteiger partial charge in [-0.2, -0.15) is 0 Å². The molecule has 1 aromatic rings. The Kier molecular flexibility index (Phi) is 6.17. The Bertz CT molecular complexity index is 776. The molecule has 0 aliphatic carbocycles. The summed E-state index contributed by atoms with van der Waals surface area (Å²) in [5.74, 6) is -0.203. The number of carbonyl (C=O) groups is 1. The van der Waals surface area contributed by atoms with Gasteiger partial charge in [0.25, 0.3) is 5.91 Å². The number of nitrogens with zero attached hydrogens (tertiary/aromatic N) is 1. The molecule has 2 atom stereocenters. The van der Waals surface area contributed by atoms with Crippen molar-refractivity contribution in [2.75, 3.05) is 46.6 Å². The summed E-state index contributed by atoms with van der Waals surface area (Å²) < 4.78 is 43.6. The first-order valence-electron chi connectivity index (χ1n) is 8.99. The van der Waals surface area contributed by atoms with Crippen LogP contribution in [-0.4, -0.2) is 77.5 Å². The minimum absolute atomic E-state index is 0.0599. The lowest BCUT2D eigenvalue weighted by Crippen LogP contribution is -2.57. The van der Waals surface area contributed by atoms with Crippen molar-refractivity contribution >= 4 is 15.9 Å². The smallest absolute Gasteiger partial charge is 0.254 e. The Morgan fingerprint density at radius 3 is 2.96 bits per heavy atom. The van der Waals surface area contributed by atoms with E-state index in [1.54, 1.807) is 17.0 Å². The second-order valence-corrected chi connectivity index (χ2v) is 8.79. The fourth-order valence-corrected chi connectivity index (χ4v) is 4.58. The third-order valence-corrected chi connectivity index (χ3v) is 6.21. The topological polar surface area (TPSA) is 94.2 Å². The number of morpholine rings is 1. The van der Waals surface area contributed by atoms with Gasteiger partial charge in [0.05, 0.1) is 30.8 Å². The highest BCUT2D eigenvalue weighted by molar-refractivity contribution is 7.89. The van der Waals surface area contributed by atoms with Crippen LogP contribution >= 0.6 is 0 Å². The van der Waals surface area contributed by atoms with Gasteiger partial charge in [-0.3, -0.25) is 4.79 Å². The standard InChI is InChI=1S/C18H26N2O6S/c1-14-11-20(12-18(26-14)6-8-25-13-18)17(21)15-4-3-5-16(10-15)27(22,23)19-7-9-24-2/h3-5,10,14,19H,6-9,11-13H2,1-2H3/t14-,18-/m0/s1. The maximum atomic E-state index is 13.0. The van der Waals surface area contributed by atoms with Crippen LogP contribution in [0.5, 0.6) is 0 Å². The molecule has 2 saturated heterocycles. The lowest BCUT2D eigenvalue weighted by atomic mass is 9.98. The van der Waals surface area contributed by atoms with Crippen molar-refractivity contribution in [3.63, 3.8) is 0 Å². The van der Waals surface area contributed by atoms with Crippen molar-refractivity contribution in [2.24, 2.45) is 0 Å². The minimum atomic E-state index is -3.70. The first-order valence-corrected chi connectivity index (χ1v) is 10.5. The van der Waals surface area contributed by atoms with E-state index in [2.05, 4.69) is 4.72 Å². The highest BCUT2D eigenvalue weighted by Crippen LogP contribution is 2.30. The van der Waals surface area contributed by atoms with E-state index in [9.17, 15) is 13.2 Å². The van der Waals surface area contributed by atoms with Crippen LogP contribution < -0.4 is 4.72 Å². The van der Waals surface area contributed by atoms with Crippen LogP contribution in [0.2, 0.25) is 0 Å². The van der Waals surface area contributed by atoms with E-state index in [0.717, 1.165) is 6.42 Å². The molecular formula is C18H26N2O6S. The number of carbonyl (C=O) groups excluding carboxylic acids is 1. The maximum absolute atomic E-state index is 13.0. The first-order chi connectivity index (χ1) is 12.9. The Labute approximate surface area is 159 Å². The predicted molar refractivity (Wildman–Crippen MR) is 98.1 cm³/mol. The van der Waals surface area contributed by atoms with E-state index in [4.69, 9.17) is 14.2 Å². The molecule has 3 rings (SSSR count). The zero-order chi connectivity index (χ0) is 19.5. The molecule has 0 aromatic heterocycles. The lowest BCUT2D eigenvalue weighted by molar-refractivity contribution is -0.138. The molecule has 2 aliphatic rings. The fourth-order valence-electron chi connectivity index (χ4n) is 3.53. The summed E-state index contributed by atoms with van der Waals surface area (Å²) in [4.78, 5) is 14.8. The molecule has 0 unspecified atom stereocenters. The van der Waals surface area contributed by atoms with E-state index in [1.165, 1.54) is 19.2 Å².